The minimum absolute atomic E-state index is 0.862. The van der Waals surface area contributed by atoms with Gasteiger partial charge in [0.25, 0.3) is 0 Å². The van der Waals surface area contributed by atoms with Crippen LogP contribution in [0.2, 0.25) is 0 Å². The number of hydrogen-bond donors (Lipinski definition) is 1. The molecule has 0 aliphatic rings. The van der Waals surface area contributed by atoms with Crippen molar-refractivity contribution in [2.45, 2.75) is 32.6 Å². The van der Waals surface area contributed by atoms with E-state index in [0.717, 1.165) is 6.54 Å². The van der Waals surface area contributed by atoms with E-state index in [-0.39, 0.29) is 0 Å². The first-order chi connectivity index (χ1) is 4.91. The van der Waals surface area contributed by atoms with Gasteiger partial charge in [-0.15, -0.1) is 0 Å². The largest absolute Gasteiger partial charge is 0.330 e. The maximum atomic E-state index is 5.36. The van der Waals surface area contributed by atoms with Crippen molar-refractivity contribution >= 4 is 11.8 Å². The van der Waals surface area contributed by atoms with Crippen molar-refractivity contribution in [2.75, 3.05) is 18.1 Å². The Morgan fingerprint density at radius 3 is 2.40 bits per heavy atom. The van der Waals surface area contributed by atoms with Crippen molar-refractivity contribution in [3.8, 4) is 0 Å². The van der Waals surface area contributed by atoms with E-state index in [9.17, 15) is 0 Å². The zero-order chi connectivity index (χ0) is 7.66. The number of hydrogen-bond acceptors (Lipinski definition) is 2. The van der Waals surface area contributed by atoms with Gasteiger partial charge in [0.05, 0.1) is 0 Å². The lowest BCUT2D eigenvalue weighted by Crippen LogP contribution is -1.97. The minimum Gasteiger partial charge on any atom is -0.330 e. The van der Waals surface area contributed by atoms with Gasteiger partial charge in [-0.1, -0.05) is 19.8 Å². The van der Waals surface area contributed by atoms with E-state index in [1.807, 2.05) is 11.8 Å². The molecule has 0 fully saturated rings. The van der Waals surface area contributed by atoms with Gasteiger partial charge in [-0.2, -0.15) is 11.8 Å². The van der Waals surface area contributed by atoms with Gasteiger partial charge >= 0.3 is 0 Å². The van der Waals surface area contributed by atoms with E-state index in [1.54, 1.807) is 0 Å². The number of rotatable bonds is 7. The molecular weight excluding hydrogens is 142 g/mol. The zero-order valence-corrected chi connectivity index (χ0v) is 7.75. The summed E-state index contributed by atoms with van der Waals surface area (Å²) in [6, 6.07) is 0. The lowest BCUT2D eigenvalue weighted by molar-refractivity contribution is 0.678. The summed E-state index contributed by atoms with van der Waals surface area (Å²) in [5, 5.41) is 0. The summed E-state index contributed by atoms with van der Waals surface area (Å²) in [4.78, 5) is 0. The fourth-order valence-corrected chi connectivity index (χ4v) is 1.54. The van der Waals surface area contributed by atoms with Gasteiger partial charge < -0.3 is 5.73 Å². The van der Waals surface area contributed by atoms with Gasteiger partial charge in [0.2, 0.25) is 0 Å². The van der Waals surface area contributed by atoms with Crippen LogP contribution < -0.4 is 5.73 Å². The normalized spacial score (nSPS) is 10.2. The van der Waals surface area contributed by atoms with Crippen LogP contribution in [0.1, 0.15) is 32.6 Å². The Bertz CT molecular complexity index is 49.2. The van der Waals surface area contributed by atoms with Crippen LogP contribution in [-0.2, 0) is 0 Å². The van der Waals surface area contributed by atoms with Crippen molar-refractivity contribution in [2.24, 2.45) is 5.73 Å². The molecule has 0 saturated carbocycles. The molecule has 0 spiro atoms. The molecule has 2 N–H and O–H groups in total. The monoisotopic (exact) mass is 161 g/mol. The van der Waals surface area contributed by atoms with Gasteiger partial charge in [0.1, 0.15) is 0 Å². The number of unbranched alkanes of at least 4 members (excludes halogenated alkanes) is 3. The maximum absolute atomic E-state index is 5.36. The molecule has 10 heavy (non-hydrogen) atoms. The van der Waals surface area contributed by atoms with Crippen LogP contribution in [0.5, 0.6) is 0 Å². The third-order valence-corrected chi connectivity index (χ3v) is 2.43. The van der Waals surface area contributed by atoms with Crippen molar-refractivity contribution < 1.29 is 0 Å². The Kier molecular flexibility index (Phi) is 9.60. The maximum Gasteiger partial charge on any atom is -0.00676 e. The highest BCUT2D eigenvalue weighted by atomic mass is 32.2. The second-order valence-electron chi connectivity index (χ2n) is 2.40. The molecule has 0 rings (SSSR count). The van der Waals surface area contributed by atoms with Gasteiger partial charge in [-0.05, 0) is 30.9 Å². The Morgan fingerprint density at radius 2 is 1.80 bits per heavy atom. The third kappa shape index (κ3) is 8.31. The summed E-state index contributed by atoms with van der Waals surface area (Å²) in [6.45, 7) is 3.07. The average molecular weight is 161 g/mol. The highest BCUT2D eigenvalue weighted by molar-refractivity contribution is 7.99. The molecule has 2 heteroatoms. The summed E-state index contributed by atoms with van der Waals surface area (Å²) >= 11 is 2.03. The Morgan fingerprint density at radius 1 is 1.10 bits per heavy atom. The summed E-state index contributed by atoms with van der Waals surface area (Å²) in [6.07, 6.45) is 5.26. The summed E-state index contributed by atoms with van der Waals surface area (Å²) in [7, 11) is 0. The highest BCUT2D eigenvalue weighted by Crippen LogP contribution is 2.05. The summed E-state index contributed by atoms with van der Waals surface area (Å²) < 4.78 is 0. The molecule has 0 aromatic rings. The predicted octanol–water partition coefficient (Wildman–Crippen LogP) is 2.26. The van der Waals surface area contributed by atoms with E-state index in [4.69, 9.17) is 5.73 Å². The first-order valence-electron chi connectivity index (χ1n) is 4.19. The van der Waals surface area contributed by atoms with Crippen LogP contribution in [0.25, 0.3) is 0 Å². The zero-order valence-electron chi connectivity index (χ0n) is 6.94. The van der Waals surface area contributed by atoms with E-state index in [1.165, 1.54) is 37.2 Å². The van der Waals surface area contributed by atoms with E-state index in [0.29, 0.717) is 0 Å². The smallest absolute Gasteiger partial charge is 0.00676 e. The topological polar surface area (TPSA) is 26.0 Å². The summed E-state index contributed by atoms with van der Waals surface area (Å²) in [5.74, 6) is 2.60. The quantitative estimate of drug-likeness (QED) is 0.580. The fourth-order valence-electron chi connectivity index (χ4n) is 0.846. The summed E-state index contributed by atoms with van der Waals surface area (Å²) in [5.41, 5.74) is 5.36. The van der Waals surface area contributed by atoms with Crippen molar-refractivity contribution in [1.29, 1.82) is 0 Å². The first kappa shape index (κ1) is 10.3. The molecule has 0 atom stereocenters. The van der Waals surface area contributed by atoms with Crippen LogP contribution in [0.4, 0.5) is 0 Å². The first-order valence-corrected chi connectivity index (χ1v) is 5.35. The van der Waals surface area contributed by atoms with Crippen molar-refractivity contribution in [3.05, 3.63) is 0 Å². The minimum atomic E-state index is 0.862. The predicted molar refractivity (Wildman–Crippen MR) is 50.5 cm³/mol. The molecule has 0 heterocycles. The second kappa shape index (κ2) is 9.31. The lowest BCUT2D eigenvalue weighted by Gasteiger charge is -1.97. The SMILES string of the molecule is CCSCCCCCCN. The second-order valence-corrected chi connectivity index (χ2v) is 3.79. The molecule has 0 bridgehead atoms. The molecular formula is C8H19NS. The van der Waals surface area contributed by atoms with E-state index < -0.39 is 0 Å². The fraction of sp³-hybridized carbons (Fsp3) is 1.00. The molecule has 0 aliphatic heterocycles. The molecule has 0 aliphatic carbocycles. The molecule has 0 aromatic heterocycles. The Hall–Kier alpha value is 0.310. The van der Waals surface area contributed by atoms with Gasteiger partial charge in [-0.25, -0.2) is 0 Å². The molecule has 62 valence electrons. The van der Waals surface area contributed by atoms with Crippen LogP contribution in [0.3, 0.4) is 0 Å². The lowest BCUT2D eigenvalue weighted by atomic mass is 10.2. The van der Waals surface area contributed by atoms with E-state index in [2.05, 4.69) is 6.92 Å². The van der Waals surface area contributed by atoms with Crippen molar-refractivity contribution in [3.63, 3.8) is 0 Å². The number of nitrogens with two attached hydrogens (primary N) is 1. The molecule has 0 aromatic carbocycles. The molecule has 0 saturated heterocycles. The molecule has 0 unspecified atom stereocenters. The average Bonchev–Trinajstić information content (AvgIpc) is 1.97. The highest BCUT2D eigenvalue weighted by Gasteiger charge is 1.87. The Balaban J connectivity index is 2.65. The van der Waals surface area contributed by atoms with Gasteiger partial charge in [-0.3, -0.25) is 0 Å². The third-order valence-electron chi connectivity index (χ3n) is 1.45. The molecule has 1 nitrogen and oxygen atoms in total. The van der Waals surface area contributed by atoms with E-state index >= 15 is 0 Å². The van der Waals surface area contributed by atoms with Crippen LogP contribution in [-0.4, -0.2) is 18.1 Å². The standard InChI is InChI=1S/C8H19NS/c1-2-10-8-6-4-3-5-7-9/h2-9H2,1H3. The number of thioether (sulfide) groups is 1. The molecule has 0 amide bonds. The Labute approximate surface area is 68.8 Å². The van der Waals surface area contributed by atoms with Crippen LogP contribution in [0.15, 0.2) is 0 Å². The van der Waals surface area contributed by atoms with Crippen LogP contribution >= 0.6 is 11.8 Å². The van der Waals surface area contributed by atoms with Gasteiger partial charge in [0.15, 0.2) is 0 Å². The van der Waals surface area contributed by atoms with Crippen molar-refractivity contribution in [1.82, 2.24) is 0 Å². The van der Waals surface area contributed by atoms with Crippen LogP contribution in [0, 0.1) is 0 Å². The molecule has 0 radical (unpaired) electrons. The van der Waals surface area contributed by atoms with Gasteiger partial charge in [0, 0.05) is 0 Å².